The zero-order valence-electron chi connectivity index (χ0n) is 17.0. The van der Waals surface area contributed by atoms with E-state index in [1.54, 1.807) is 0 Å². The molecule has 5 heteroatoms. The Morgan fingerprint density at radius 2 is 1.93 bits per heavy atom. The van der Waals surface area contributed by atoms with E-state index in [-0.39, 0.29) is 36.4 Å². The summed E-state index contributed by atoms with van der Waals surface area (Å²) in [5.74, 6) is -0.291. The topological polar surface area (TPSA) is 94.8 Å². The van der Waals surface area contributed by atoms with Crippen LogP contribution in [0.4, 0.5) is 0 Å². The van der Waals surface area contributed by atoms with Crippen molar-refractivity contribution >= 4 is 11.6 Å². The van der Waals surface area contributed by atoms with Crippen LogP contribution < -0.4 is 0 Å². The highest BCUT2D eigenvalue weighted by atomic mass is 16.3. The Morgan fingerprint density at radius 1 is 1.22 bits per heavy atom. The summed E-state index contributed by atoms with van der Waals surface area (Å²) < 4.78 is 0. The van der Waals surface area contributed by atoms with Crippen molar-refractivity contribution in [1.29, 1.82) is 0 Å². The first-order valence-corrected chi connectivity index (χ1v) is 10.5. The Labute approximate surface area is 163 Å². The molecule has 0 aromatic heterocycles. The van der Waals surface area contributed by atoms with Crippen molar-refractivity contribution in [2.75, 3.05) is 6.61 Å². The summed E-state index contributed by atoms with van der Waals surface area (Å²) >= 11 is 0. The maximum Gasteiger partial charge on any atom is 0.158 e. The van der Waals surface area contributed by atoms with Gasteiger partial charge in [0.2, 0.25) is 0 Å². The molecule has 27 heavy (non-hydrogen) atoms. The zero-order chi connectivity index (χ0) is 20.3. The number of carbonyl (C=O) groups is 2. The number of carbonyl (C=O) groups excluding carboxylic acids is 2. The molecule has 0 radical (unpaired) electrons. The van der Waals surface area contributed by atoms with Gasteiger partial charge in [-0.25, -0.2) is 0 Å². The van der Waals surface area contributed by atoms with Crippen molar-refractivity contribution in [3.63, 3.8) is 0 Å². The van der Waals surface area contributed by atoms with Crippen LogP contribution in [0.15, 0.2) is 12.2 Å². The Balaban J connectivity index is 2.42. The van der Waals surface area contributed by atoms with E-state index in [4.69, 9.17) is 5.11 Å². The fourth-order valence-electron chi connectivity index (χ4n) is 3.85. The molecule has 0 bridgehead atoms. The first-order chi connectivity index (χ1) is 12.8. The predicted octanol–water partition coefficient (Wildman–Crippen LogP) is 3.34. The summed E-state index contributed by atoms with van der Waals surface area (Å²) in [5.41, 5.74) is -0.735. The van der Waals surface area contributed by atoms with Crippen LogP contribution in [0.3, 0.4) is 0 Å². The summed E-state index contributed by atoms with van der Waals surface area (Å²) in [5, 5.41) is 29.3. The number of aliphatic hydroxyl groups is 3. The molecular weight excluding hydrogens is 344 g/mol. The normalized spacial score (nSPS) is 25.2. The number of unbranched alkanes of at least 4 members (excludes halogenated alkanes) is 4. The Kier molecular flexibility index (Phi) is 11.0. The van der Waals surface area contributed by atoms with E-state index in [0.717, 1.165) is 51.4 Å². The van der Waals surface area contributed by atoms with Crippen LogP contribution in [0.1, 0.15) is 84.5 Å². The SMILES string of the molecule is CCCCC(C)(O)C/C=C/[C@H]1C(O)CC(=O)[C@@H]1CCCCCCC(=O)CO. The Hall–Kier alpha value is -1.04. The molecular formula is C22H38O5. The molecule has 0 spiro atoms. The molecule has 1 aliphatic rings. The minimum absolute atomic E-state index is 0.121. The van der Waals surface area contributed by atoms with Crippen LogP contribution in [0, 0.1) is 11.8 Å². The van der Waals surface area contributed by atoms with Gasteiger partial charge in [-0.1, -0.05) is 51.2 Å². The first-order valence-electron chi connectivity index (χ1n) is 10.5. The lowest BCUT2D eigenvalue weighted by Gasteiger charge is -2.22. The number of Topliss-reactive ketones (excluding diaryl/α,β-unsaturated/α-hetero) is 2. The van der Waals surface area contributed by atoms with Crippen LogP contribution >= 0.6 is 0 Å². The van der Waals surface area contributed by atoms with Crippen LogP contribution in [-0.2, 0) is 9.59 Å². The van der Waals surface area contributed by atoms with Gasteiger partial charge in [-0.2, -0.15) is 0 Å². The highest BCUT2D eigenvalue weighted by Gasteiger charge is 2.39. The molecule has 5 nitrogen and oxygen atoms in total. The van der Waals surface area contributed by atoms with Crippen molar-refractivity contribution in [2.24, 2.45) is 11.8 Å². The molecule has 156 valence electrons. The van der Waals surface area contributed by atoms with Crippen LogP contribution in [0.2, 0.25) is 0 Å². The van der Waals surface area contributed by atoms with Crippen LogP contribution in [0.5, 0.6) is 0 Å². The molecule has 2 unspecified atom stereocenters. The summed E-state index contributed by atoms with van der Waals surface area (Å²) in [6.07, 6.45) is 11.5. The molecule has 0 aliphatic heterocycles. The third kappa shape index (κ3) is 9.13. The average Bonchev–Trinajstić information content (AvgIpc) is 2.89. The summed E-state index contributed by atoms with van der Waals surface area (Å²) in [7, 11) is 0. The van der Waals surface area contributed by atoms with Crippen LogP contribution in [0.25, 0.3) is 0 Å². The van der Waals surface area contributed by atoms with Gasteiger partial charge in [0.05, 0.1) is 11.7 Å². The van der Waals surface area contributed by atoms with E-state index in [0.29, 0.717) is 12.8 Å². The second-order valence-electron chi connectivity index (χ2n) is 8.30. The quantitative estimate of drug-likeness (QED) is 0.316. The molecule has 3 N–H and O–H groups in total. The number of hydrogen-bond acceptors (Lipinski definition) is 5. The van der Waals surface area contributed by atoms with Gasteiger partial charge in [0, 0.05) is 24.7 Å². The Bertz CT molecular complexity index is 483. The average molecular weight is 383 g/mol. The van der Waals surface area contributed by atoms with Gasteiger partial charge >= 0.3 is 0 Å². The lowest BCUT2D eigenvalue weighted by molar-refractivity contribution is -0.122. The van der Waals surface area contributed by atoms with Gasteiger partial charge in [0.15, 0.2) is 5.78 Å². The fraction of sp³-hybridized carbons (Fsp3) is 0.818. The number of aliphatic hydroxyl groups excluding tert-OH is 2. The highest BCUT2D eigenvalue weighted by molar-refractivity contribution is 5.84. The minimum atomic E-state index is -0.735. The summed E-state index contributed by atoms with van der Waals surface area (Å²) in [6, 6.07) is 0. The summed E-state index contributed by atoms with van der Waals surface area (Å²) in [4.78, 5) is 23.3. The van der Waals surface area contributed by atoms with Gasteiger partial charge < -0.3 is 15.3 Å². The van der Waals surface area contributed by atoms with Gasteiger partial charge in [-0.05, 0) is 32.6 Å². The molecule has 1 rings (SSSR count). The van der Waals surface area contributed by atoms with Crippen molar-refractivity contribution < 1.29 is 24.9 Å². The standard InChI is InChI=1S/C22H38O5/c1-3-4-13-22(2,27)14-9-12-19-18(20(25)15-21(19)26)11-8-6-5-7-10-17(24)16-23/h9,12,18-19,21,23,26-27H,3-8,10-11,13-16H2,1-2H3/b12-9+/t18-,19-,21?,22?/m1/s1. The van der Waals surface area contributed by atoms with Gasteiger partial charge in [-0.3, -0.25) is 9.59 Å². The first kappa shape index (κ1) is 24.0. The van der Waals surface area contributed by atoms with Crippen molar-refractivity contribution in [3.05, 3.63) is 12.2 Å². The van der Waals surface area contributed by atoms with E-state index in [1.807, 2.05) is 19.1 Å². The molecule has 1 aliphatic carbocycles. The smallest absolute Gasteiger partial charge is 0.158 e. The minimum Gasteiger partial charge on any atom is -0.392 e. The Morgan fingerprint density at radius 3 is 2.59 bits per heavy atom. The molecule has 1 fully saturated rings. The second-order valence-corrected chi connectivity index (χ2v) is 8.30. The van der Waals surface area contributed by atoms with E-state index in [1.165, 1.54) is 0 Å². The van der Waals surface area contributed by atoms with Crippen LogP contribution in [-0.4, -0.2) is 45.2 Å². The molecule has 0 heterocycles. The lowest BCUT2D eigenvalue weighted by atomic mass is 9.87. The zero-order valence-corrected chi connectivity index (χ0v) is 17.0. The molecule has 0 aromatic rings. The molecule has 4 atom stereocenters. The third-order valence-corrected chi connectivity index (χ3v) is 5.61. The molecule has 0 amide bonds. The van der Waals surface area contributed by atoms with E-state index >= 15 is 0 Å². The highest BCUT2D eigenvalue weighted by Crippen LogP contribution is 2.34. The predicted molar refractivity (Wildman–Crippen MR) is 106 cm³/mol. The fourth-order valence-corrected chi connectivity index (χ4v) is 3.85. The molecule has 0 aromatic carbocycles. The maximum absolute atomic E-state index is 12.2. The summed E-state index contributed by atoms with van der Waals surface area (Å²) in [6.45, 7) is 3.55. The van der Waals surface area contributed by atoms with Crippen molar-refractivity contribution in [1.82, 2.24) is 0 Å². The second kappa shape index (κ2) is 12.4. The van der Waals surface area contributed by atoms with Gasteiger partial charge in [0.25, 0.3) is 0 Å². The third-order valence-electron chi connectivity index (χ3n) is 5.61. The molecule has 1 saturated carbocycles. The van der Waals surface area contributed by atoms with Gasteiger partial charge in [-0.15, -0.1) is 0 Å². The van der Waals surface area contributed by atoms with E-state index in [9.17, 15) is 19.8 Å². The van der Waals surface area contributed by atoms with E-state index in [2.05, 4.69) is 6.92 Å². The largest absolute Gasteiger partial charge is 0.392 e. The van der Waals surface area contributed by atoms with Crippen molar-refractivity contribution in [3.8, 4) is 0 Å². The monoisotopic (exact) mass is 382 g/mol. The van der Waals surface area contributed by atoms with Crippen molar-refractivity contribution in [2.45, 2.75) is 96.2 Å². The molecule has 0 saturated heterocycles. The maximum atomic E-state index is 12.2. The van der Waals surface area contributed by atoms with E-state index < -0.39 is 11.7 Å². The lowest BCUT2D eigenvalue weighted by Crippen LogP contribution is -2.23. The number of hydrogen-bond donors (Lipinski definition) is 3. The van der Waals surface area contributed by atoms with Gasteiger partial charge in [0.1, 0.15) is 12.4 Å². The number of rotatable bonds is 14. The number of ketones is 2.